The first-order chi connectivity index (χ1) is 10.2. The first kappa shape index (κ1) is 14.9. The van der Waals surface area contributed by atoms with Crippen LogP contribution in [-0.2, 0) is 6.54 Å². The van der Waals surface area contributed by atoms with Gasteiger partial charge in [-0.3, -0.25) is 4.99 Å². The summed E-state index contributed by atoms with van der Waals surface area (Å²) in [5, 5.41) is 2.80. The Morgan fingerprint density at radius 3 is 2.71 bits per heavy atom. The van der Waals surface area contributed by atoms with E-state index in [1.54, 1.807) is 0 Å². The summed E-state index contributed by atoms with van der Waals surface area (Å²) in [6, 6.07) is 13.8. The molecule has 3 rings (SSSR count). The third-order valence-electron chi connectivity index (χ3n) is 3.44. The summed E-state index contributed by atoms with van der Waals surface area (Å²) in [4.78, 5) is 6.85. The van der Waals surface area contributed by atoms with Crippen molar-refractivity contribution in [2.24, 2.45) is 4.99 Å². The van der Waals surface area contributed by atoms with Gasteiger partial charge in [0.15, 0.2) is 0 Å². The fraction of sp³-hybridized carbons (Fsp3) is 0.188. The van der Waals surface area contributed by atoms with Crippen molar-refractivity contribution >= 4 is 45.3 Å². The van der Waals surface area contributed by atoms with E-state index in [0.717, 1.165) is 25.6 Å². The van der Waals surface area contributed by atoms with Crippen LogP contribution in [0.3, 0.4) is 0 Å². The van der Waals surface area contributed by atoms with Gasteiger partial charge in [-0.05, 0) is 23.8 Å². The highest BCUT2D eigenvalue weighted by atomic mass is 79.9. The Balaban J connectivity index is 2.02. The van der Waals surface area contributed by atoms with E-state index in [1.165, 1.54) is 0 Å². The topological polar surface area (TPSA) is 15.6 Å². The maximum absolute atomic E-state index is 6.25. The van der Waals surface area contributed by atoms with Crippen molar-refractivity contribution in [2.45, 2.75) is 12.7 Å². The Hall–Kier alpha value is -1.03. The summed E-state index contributed by atoms with van der Waals surface area (Å²) in [5.74, 6) is 0.437. The van der Waals surface area contributed by atoms with E-state index in [2.05, 4.69) is 27.0 Å². The first-order valence-electron chi connectivity index (χ1n) is 6.58. The molecule has 1 aliphatic rings. The smallest absolute Gasteiger partial charge is 0.135 e. The van der Waals surface area contributed by atoms with Crippen molar-refractivity contribution in [3.05, 3.63) is 68.1 Å². The van der Waals surface area contributed by atoms with Crippen molar-refractivity contribution in [3.8, 4) is 0 Å². The van der Waals surface area contributed by atoms with Crippen LogP contribution in [0.2, 0.25) is 5.02 Å². The minimum atomic E-state index is -0.0789. The number of hydrogen-bond donors (Lipinski definition) is 0. The van der Waals surface area contributed by atoms with E-state index in [-0.39, 0.29) is 6.17 Å². The highest BCUT2D eigenvalue weighted by Crippen LogP contribution is 2.20. The quantitative estimate of drug-likeness (QED) is 0.740. The zero-order chi connectivity index (χ0) is 14.8. The molecule has 0 aliphatic carbocycles. The first-order valence-corrected chi connectivity index (χ1v) is 8.29. The van der Waals surface area contributed by atoms with Gasteiger partial charge in [-0.2, -0.15) is 0 Å². The molecule has 5 heteroatoms. The van der Waals surface area contributed by atoms with Crippen LogP contribution < -0.4 is 10.6 Å². The molecule has 0 spiro atoms. The molecule has 0 fully saturated rings. The number of fused-ring (bicyclic) bond motifs is 1. The molecule has 0 bridgehead atoms. The summed E-state index contributed by atoms with van der Waals surface area (Å²) >= 11 is 15.9. The zero-order valence-corrected chi connectivity index (χ0v) is 14.2. The van der Waals surface area contributed by atoms with Gasteiger partial charge in [-0.25, -0.2) is 0 Å². The Morgan fingerprint density at radius 2 is 1.95 bits per heavy atom. The molecular formula is C16H13BrCl2N2. The second kappa shape index (κ2) is 6.39. The van der Waals surface area contributed by atoms with Crippen LogP contribution in [0.15, 0.2) is 51.9 Å². The molecule has 1 heterocycles. The molecule has 0 saturated heterocycles. The predicted molar refractivity (Wildman–Crippen MR) is 90.9 cm³/mol. The summed E-state index contributed by atoms with van der Waals surface area (Å²) < 4.78 is 1.03. The molecule has 1 aliphatic heterocycles. The average Bonchev–Trinajstić information content (AvgIpc) is 2.50. The van der Waals surface area contributed by atoms with Gasteiger partial charge >= 0.3 is 0 Å². The lowest BCUT2D eigenvalue weighted by Crippen LogP contribution is -2.43. The minimum absolute atomic E-state index is 0.0789. The molecule has 0 N–H and O–H groups in total. The standard InChI is InChI=1S/C16H13BrCl2N2/c17-13-5-3-7-15-12(13)10-21(16(8-18)20-15)9-11-4-1-2-6-14(11)19/h1-7,10,16H,8-9H2. The van der Waals surface area contributed by atoms with E-state index in [4.69, 9.17) is 28.2 Å². The Kier molecular flexibility index (Phi) is 4.53. The maximum atomic E-state index is 6.25. The van der Waals surface area contributed by atoms with Crippen LogP contribution in [0.25, 0.3) is 6.20 Å². The molecule has 21 heavy (non-hydrogen) atoms. The van der Waals surface area contributed by atoms with Gasteiger partial charge in [0, 0.05) is 27.5 Å². The van der Waals surface area contributed by atoms with Crippen LogP contribution in [0.4, 0.5) is 0 Å². The molecule has 1 unspecified atom stereocenters. The number of benzene rings is 2. The number of alkyl halides is 1. The fourth-order valence-corrected chi connectivity index (χ4v) is 3.25. The van der Waals surface area contributed by atoms with Crippen molar-refractivity contribution in [1.29, 1.82) is 0 Å². The lowest BCUT2D eigenvalue weighted by Gasteiger charge is -2.29. The van der Waals surface area contributed by atoms with Crippen LogP contribution in [0.5, 0.6) is 0 Å². The van der Waals surface area contributed by atoms with Gasteiger partial charge in [0.05, 0.1) is 11.2 Å². The predicted octanol–water partition coefficient (Wildman–Crippen LogP) is 3.54. The number of halogens is 3. The van der Waals surface area contributed by atoms with Crippen molar-refractivity contribution < 1.29 is 0 Å². The van der Waals surface area contributed by atoms with Crippen molar-refractivity contribution in [1.82, 2.24) is 4.90 Å². The summed E-state index contributed by atoms with van der Waals surface area (Å²) in [6.07, 6.45) is 2.02. The van der Waals surface area contributed by atoms with E-state index in [0.29, 0.717) is 12.4 Å². The molecule has 1 atom stereocenters. The van der Waals surface area contributed by atoms with Gasteiger partial charge in [0.2, 0.25) is 0 Å². The summed E-state index contributed by atoms with van der Waals surface area (Å²) in [6.45, 7) is 0.682. The third kappa shape index (κ3) is 3.10. The zero-order valence-electron chi connectivity index (χ0n) is 11.1. The van der Waals surface area contributed by atoms with E-state index < -0.39 is 0 Å². The fourth-order valence-electron chi connectivity index (χ4n) is 2.35. The van der Waals surface area contributed by atoms with Crippen molar-refractivity contribution in [2.75, 3.05) is 5.88 Å². The lowest BCUT2D eigenvalue weighted by molar-refractivity contribution is 0.316. The molecular weight excluding hydrogens is 371 g/mol. The van der Waals surface area contributed by atoms with Gasteiger partial charge in [-0.15, -0.1) is 11.6 Å². The van der Waals surface area contributed by atoms with Gasteiger partial charge < -0.3 is 4.90 Å². The number of hydrogen-bond acceptors (Lipinski definition) is 2. The van der Waals surface area contributed by atoms with Crippen LogP contribution >= 0.6 is 39.1 Å². The Morgan fingerprint density at radius 1 is 1.14 bits per heavy atom. The average molecular weight is 384 g/mol. The molecule has 2 nitrogen and oxygen atoms in total. The second-order valence-corrected chi connectivity index (χ2v) is 6.40. The molecule has 108 valence electrons. The summed E-state index contributed by atoms with van der Waals surface area (Å²) in [7, 11) is 0. The van der Waals surface area contributed by atoms with Gasteiger partial charge in [-0.1, -0.05) is 51.8 Å². The Bertz CT molecular complexity index is 776. The van der Waals surface area contributed by atoms with Gasteiger partial charge in [0.25, 0.3) is 0 Å². The minimum Gasteiger partial charge on any atom is -0.350 e. The van der Waals surface area contributed by atoms with Crippen LogP contribution in [0.1, 0.15) is 5.56 Å². The van der Waals surface area contributed by atoms with Gasteiger partial charge in [0.1, 0.15) is 6.17 Å². The third-order valence-corrected chi connectivity index (χ3v) is 4.78. The molecule has 0 saturated carbocycles. The molecule has 0 radical (unpaired) electrons. The van der Waals surface area contributed by atoms with E-state index in [1.807, 2.05) is 42.5 Å². The van der Waals surface area contributed by atoms with E-state index >= 15 is 0 Å². The SMILES string of the molecule is ClCC1N=c2cccc(Br)c2=CN1Cc1ccccc1Cl. The normalized spacial score (nSPS) is 16.9. The number of nitrogens with zero attached hydrogens (tertiary/aromatic N) is 2. The second-order valence-electron chi connectivity index (χ2n) is 4.83. The number of rotatable bonds is 3. The summed E-state index contributed by atoms with van der Waals surface area (Å²) in [5.41, 5.74) is 1.07. The molecule has 0 amide bonds. The maximum Gasteiger partial charge on any atom is 0.135 e. The van der Waals surface area contributed by atoms with Crippen LogP contribution in [0, 0.1) is 0 Å². The highest BCUT2D eigenvalue weighted by molar-refractivity contribution is 9.10. The Labute approximate surface area is 141 Å². The largest absolute Gasteiger partial charge is 0.350 e. The van der Waals surface area contributed by atoms with Crippen molar-refractivity contribution in [3.63, 3.8) is 0 Å². The molecule has 2 aromatic carbocycles. The monoisotopic (exact) mass is 382 g/mol. The van der Waals surface area contributed by atoms with E-state index in [9.17, 15) is 0 Å². The molecule has 2 aromatic rings. The lowest BCUT2D eigenvalue weighted by atomic mass is 10.2. The highest BCUT2D eigenvalue weighted by Gasteiger charge is 2.18. The van der Waals surface area contributed by atoms with Crippen LogP contribution in [-0.4, -0.2) is 16.9 Å². The molecule has 0 aromatic heterocycles.